The topological polar surface area (TPSA) is 115 Å². The van der Waals surface area contributed by atoms with Crippen LogP contribution in [0.1, 0.15) is 25.3 Å². The number of allylic oxidation sites excluding steroid dienone is 2. The van der Waals surface area contributed by atoms with Crippen LogP contribution in [-0.2, 0) is 14.3 Å². The Kier molecular flexibility index (Phi) is 5.14. The Morgan fingerprint density at radius 1 is 1.36 bits per heavy atom. The quantitative estimate of drug-likeness (QED) is 0.783. The van der Waals surface area contributed by atoms with Gasteiger partial charge in [-0.15, -0.1) is 0 Å². The first-order valence-electron chi connectivity index (χ1n) is 8.68. The summed E-state index contributed by atoms with van der Waals surface area (Å²) in [7, 11) is 1.53. The summed E-state index contributed by atoms with van der Waals surface area (Å²) >= 11 is 0. The summed E-state index contributed by atoms with van der Waals surface area (Å²) < 4.78 is 15.9. The Bertz CT molecular complexity index is 1060. The number of carbonyl (C=O) groups is 1. The number of carbonyl (C=O) groups excluding carboxylic acids is 1. The summed E-state index contributed by atoms with van der Waals surface area (Å²) in [6, 6.07) is 10.6. The van der Waals surface area contributed by atoms with Crippen LogP contribution in [0, 0.1) is 11.3 Å². The first-order chi connectivity index (χ1) is 13.4. The standard InChI is InChI=1S/C21H20N2O5/c1-4-27-21(25)17-11(2)28-20(23)15(10-22)19(17)18-14-9-13(26-3)7-5-12(14)6-8-16(18)24/h5-9,19,24H,4,23H2,1-3H3. The van der Waals surface area contributed by atoms with E-state index < -0.39 is 11.9 Å². The number of fused-ring (bicyclic) bond motifs is 1. The molecule has 0 amide bonds. The van der Waals surface area contributed by atoms with E-state index in [-0.39, 0.29) is 35.1 Å². The predicted molar refractivity (Wildman–Crippen MR) is 102 cm³/mol. The number of aromatic hydroxyl groups is 1. The van der Waals surface area contributed by atoms with Gasteiger partial charge in [0.1, 0.15) is 28.9 Å². The number of ether oxygens (including phenoxy) is 3. The molecule has 2 aromatic carbocycles. The molecule has 7 nitrogen and oxygen atoms in total. The average molecular weight is 380 g/mol. The summed E-state index contributed by atoms with van der Waals surface area (Å²) in [6.45, 7) is 3.41. The van der Waals surface area contributed by atoms with E-state index in [1.165, 1.54) is 13.2 Å². The normalized spacial score (nSPS) is 16.6. The molecule has 28 heavy (non-hydrogen) atoms. The fourth-order valence-electron chi connectivity index (χ4n) is 3.38. The van der Waals surface area contributed by atoms with Crippen LogP contribution < -0.4 is 10.5 Å². The number of nitriles is 1. The molecule has 0 saturated carbocycles. The molecule has 0 spiro atoms. The summed E-state index contributed by atoms with van der Waals surface area (Å²) in [6.07, 6.45) is 0. The summed E-state index contributed by atoms with van der Waals surface area (Å²) in [5.41, 5.74) is 6.45. The minimum atomic E-state index is -0.936. The maximum atomic E-state index is 12.7. The number of nitrogens with two attached hydrogens (primary N) is 1. The Morgan fingerprint density at radius 2 is 2.07 bits per heavy atom. The van der Waals surface area contributed by atoms with Crippen molar-refractivity contribution >= 4 is 16.7 Å². The molecule has 0 saturated heterocycles. The Hall–Kier alpha value is -3.66. The van der Waals surface area contributed by atoms with E-state index in [2.05, 4.69) is 0 Å². The lowest BCUT2D eigenvalue weighted by Crippen LogP contribution is -2.25. The number of nitrogens with zero attached hydrogens (tertiary/aromatic N) is 1. The molecule has 1 aliphatic rings. The van der Waals surface area contributed by atoms with E-state index >= 15 is 0 Å². The van der Waals surface area contributed by atoms with E-state index in [1.807, 2.05) is 12.1 Å². The van der Waals surface area contributed by atoms with E-state index in [9.17, 15) is 15.2 Å². The molecule has 1 aliphatic heterocycles. The zero-order valence-electron chi connectivity index (χ0n) is 15.8. The van der Waals surface area contributed by atoms with Gasteiger partial charge in [0.05, 0.1) is 25.2 Å². The minimum Gasteiger partial charge on any atom is -0.508 e. The number of esters is 1. The molecule has 0 radical (unpaired) electrons. The number of hydrogen-bond donors (Lipinski definition) is 2. The molecule has 1 unspecified atom stereocenters. The number of hydrogen-bond acceptors (Lipinski definition) is 7. The zero-order valence-corrected chi connectivity index (χ0v) is 15.8. The second kappa shape index (κ2) is 7.53. The molecular formula is C21H20N2O5. The first kappa shape index (κ1) is 19.1. The summed E-state index contributed by atoms with van der Waals surface area (Å²) in [5, 5.41) is 21.9. The molecule has 1 heterocycles. The highest BCUT2D eigenvalue weighted by molar-refractivity contribution is 5.97. The van der Waals surface area contributed by atoms with Gasteiger partial charge in [0.2, 0.25) is 5.88 Å². The van der Waals surface area contributed by atoms with Crippen LogP contribution in [0.25, 0.3) is 10.8 Å². The van der Waals surface area contributed by atoms with Crippen LogP contribution in [0.15, 0.2) is 53.1 Å². The van der Waals surface area contributed by atoms with Crippen LogP contribution in [0.3, 0.4) is 0 Å². The molecule has 0 aromatic heterocycles. The lowest BCUT2D eigenvalue weighted by molar-refractivity contribution is -0.139. The van der Waals surface area contributed by atoms with Crippen molar-refractivity contribution in [2.75, 3.05) is 13.7 Å². The van der Waals surface area contributed by atoms with E-state index in [0.29, 0.717) is 16.7 Å². The monoisotopic (exact) mass is 380 g/mol. The second-order valence-electron chi connectivity index (χ2n) is 6.20. The number of rotatable bonds is 4. The molecule has 0 aliphatic carbocycles. The van der Waals surface area contributed by atoms with E-state index in [4.69, 9.17) is 19.9 Å². The predicted octanol–water partition coefficient (Wildman–Crippen LogP) is 3.20. The van der Waals surface area contributed by atoms with Crippen LogP contribution in [0.4, 0.5) is 0 Å². The Morgan fingerprint density at radius 3 is 2.71 bits per heavy atom. The van der Waals surface area contributed by atoms with Gasteiger partial charge in [0.25, 0.3) is 0 Å². The van der Waals surface area contributed by atoms with Crippen molar-refractivity contribution in [1.82, 2.24) is 0 Å². The molecular weight excluding hydrogens is 360 g/mol. The van der Waals surface area contributed by atoms with Crippen molar-refractivity contribution in [1.29, 1.82) is 5.26 Å². The van der Waals surface area contributed by atoms with Crippen molar-refractivity contribution < 1.29 is 24.1 Å². The molecule has 2 aromatic rings. The largest absolute Gasteiger partial charge is 0.508 e. The van der Waals surface area contributed by atoms with Gasteiger partial charge in [0, 0.05) is 5.56 Å². The SMILES string of the molecule is CCOC(=O)C1=C(C)OC(N)=C(C#N)C1c1c(O)ccc2ccc(OC)cc12. The number of benzene rings is 2. The second-order valence-corrected chi connectivity index (χ2v) is 6.20. The summed E-state index contributed by atoms with van der Waals surface area (Å²) in [4.78, 5) is 12.7. The number of methoxy groups -OCH3 is 1. The van der Waals surface area contributed by atoms with Crippen LogP contribution >= 0.6 is 0 Å². The molecule has 3 N–H and O–H groups in total. The van der Waals surface area contributed by atoms with Crippen molar-refractivity contribution in [2.24, 2.45) is 5.73 Å². The zero-order chi connectivity index (χ0) is 20.4. The lowest BCUT2D eigenvalue weighted by Gasteiger charge is -2.28. The van der Waals surface area contributed by atoms with Crippen LogP contribution in [0.5, 0.6) is 11.5 Å². The molecule has 0 fully saturated rings. The van der Waals surface area contributed by atoms with E-state index in [1.54, 1.807) is 32.0 Å². The van der Waals surface area contributed by atoms with Gasteiger partial charge in [-0.25, -0.2) is 4.79 Å². The van der Waals surface area contributed by atoms with Gasteiger partial charge in [-0.2, -0.15) is 5.26 Å². The molecule has 0 bridgehead atoms. The minimum absolute atomic E-state index is 0.0271. The number of phenols is 1. The molecule has 144 valence electrons. The lowest BCUT2D eigenvalue weighted by atomic mass is 9.80. The third-order valence-electron chi connectivity index (χ3n) is 4.64. The van der Waals surface area contributed by atoms with Gasteiger partial charge in [-0.1, -0.05) is 12.1 Å². The Balaban J connectivity index is 2.37. The maximum Gasteiger partial charge on any atom is 0.338 e. The van der Waals surface area contributed by atoms with Gasteiger partial charge >= 0.3 is 5.97 Å². The third kappa shape index (κ3) is 3.09. The average Bonchev–Trinajstić information content (AvgIpc) is 2.67. The van der Waals surface area contributed by atoms with Gasteiger partial charge in [-0.3, -0.25) is 0 Å². The first-order valence-corrected chi connectivity index (χ1v) is 8.68. The third-order valence-corrected chi connectivity index (χ3v) is 4.64. The maximum absolute atomic E-state index is 12.7. The van der Waals surface area contributed by atoms with Crippen molar-refractivity contribution in [3.05, 3.63) is 58.7 Å². The van der Waals surface area contributed by atoms with Gasteiger partial charge < -0.3 is 25.1 Å². The van der Waals surface area contributed by atoms with E-state index in [0.717, 1.165) is 5.39 Å². The van der Waals surface area contributed by atoms with Crippen molar-refractivity contribution in [3.63, 3.8) is 0 Å². The highest BCUT2D eigenvalue weighted by Crippen LogP contribution is 2.46. The highest BCUT2D eigenvalue weighted by atomic mass is 16.5. The van der Waals surface area contributed by atoms with Crippen LogP contribution in [0.2, 0.25) is 0 Å². The molecule has 7 heteroatoms. The van der Waals surface area contributed by atoms with Crippen LogP contribution in [-0.4, -0.2) is 24.8 Å². The van der Waals surface area contributed by atoms with Gasteiger partial charge in [-0.05, 0) is 42.8 Å². The Labute approximate surface area is 162 Å². The van der Waals surface area contributed by atoms with Crippen molar-refractivity contribution in [2.45, 2.75) is 19.8 Å². The fourth-order valence-corrected chi connectivity index (χ4v) is 3.38. The molecule has 1 atom stereocenters. The fraction of sp³-hybridized carbons (Fsp3) is 0.238. The number of phenolic OH excluding ortho intramolecular Hbond substituents is 1. The van der Waals surface area contributed by atoms with Gasteiger partial charge in [0.15, 0.2) is 0 Å². The smallest absolute Gasteiger partial charge is 0.338 e. The summed E-state index contributed by atoms with van der Waals surface area (Å²) in [5.74, 6) is -0.974. The van der Waals surface area contributed by atoms with Crippen molar-refractivity contribution in [3.8, 4) is 17.6 Å². The highest BCUT2D eigenvalue weighted by Gasteiger charge is 2.38. The molecule has 3 rings (SSSR count).